The highest BCUT2D eigenvalue weighted by molar-refractivity contribution is 6.01. The van der Waals surface area contributed by atoms with E-state index in [-0.39, 0.29) is 0 Å². The molecular weight excluding hydrogens is 380 g/mol. The Morgan fingerprint density at radius 1 is 1.00 bits per heavy atom. The number of nitriles is 1. The molecule has 0 saturated heterocycles. The van der Waals surface area contributed by atoms with E-state index in [1.807, 2.05) is 55.5 Å². The van der Waals surface area contributed by atoms with Crippen LogP contribution >= 0.6 is 0 Å². The Kier molecular flexibility index (Phi) is 4.80. The fraction of sp³-hybridized carbons (Fsp3) is 0.185. The predicted octanol–water partition coefficient (Wildman–Crippen LogP) is 5.59. The molecule has 1 aliphatic rings. The second-order valence-corrected chi connectivity index (χ2v) is 8.15. The van der Waals surface area contributed by atoms with Gasteiger partial charge in [0.1, 0.15) is 17.1 Å². The van der Waals surface area contributed by atoms with E-state index >= 15 is 0 Å². The summed E-state index contributed by atoms with van der Waals surface area (Å²) in [5, 5.41) is 10.2. The van der Waals surface area contributed by atoms with Crippen LogP contribution in [0.5, 0.6) is 0 Å². The van der Waals surface area contributed by atoms with Crippen LogP contribution < -0.4 is 0 Å². The van der Waals surface area contributed by atoms with E-state index in [0.29, 0.717) is 5.56 Å². The third-order valence-electron chi connectivity index (χ3n) is 5.88. The first-order valence-electron chi connectivity index (χ1n) is 10.6. The summed E-state index contributed by atoms with van der Waals surface area (Å²) in [5.41, 5.74) is 9.19. The maximum absolute atomic E-state index is 10.2. The summed E-state index contributed by atoms with van der Waals surface area (Å²) in [6, 6.07) is 23.3. The molecule has 0 unspecified atom stereocenters. The van der Waals surface area contributed by atoms with Crippen molar-refractivity contribution < 1.29 is 0 Å². The zero-order valence-corrected chi connectivity index (χ0v) is 17.8. The third kappa shape index (κ3) is 3.19. The van der Waals surface area contributed by atoms with Gasteiger partial charge in [0, 0.05) is 37.2 Å². The molecule has 0 amide bonds. The van der Waals surface area contributed by atoms with Gasteiger partial charge in [0.15, 0.2) is 0 Å². The quantitative estimate of drug-likeness (QED) is 0.446. The van der Waals surface area contributed by atoms with Gasteiger partial charge in [-0.2, -0.15) is 5.26 Å². The molecule has 0 N–H and O–H groups in total. The molecule has 2 heterocycles. The molecule has 0 bridgehead atoms. The molecule has 0 spiro atoms. The number of pyridine rings is 1. The highest BCUT2D eigenvalue weighted by Gasteiger charge is 2.27. The molecule has 1 aliphatic carbocycles. The lowest BCUT2D eigenvalue weighted by molar-refractivity contribution is 0.567. The minimum atomic E-state index is 0.629. The van der Waals surface area contributed by atoms with E-state index in [1.165, 1.54) is 16.7 Å². The number of para-hydroxylation sites is 1. The molecule has 4 heteroatoms. The lowest BCUT2D eigenvalue weighted by Crippen LogP contribution is -2.03. The highest BCUT2D eigenvalue weighted by atomic mass is 15.0. The van der Waals surface area contributed by atoms with E-state index in [9.17, 15) is 5.26 Å². The topological polar surface area (TPSA) is 44.9 Å². The van der Waals surface area contributed by atoms with Gasteiger partial charge in [-0.1, -0.05) is 48.5 Å². The molecule has 31 heavy (non-hydrogen) atoms. The van der Waals surface area contributed by atoms with Gasteiger partial charge in [0.05, 0.1) is 11.2 Å². The molecule has 152 valence electrons. The van der Waals surface area contributed by atoms with Crippen LogP contribution in [-0.2, 0) is 12.8 Å². The molecule has 2 aromatic heterocycles. The summed E-state index contributed by atoms with van der Waals surface area (Å²) >= 11 is 0. The predicted molar refractivity (Wildman–Crippen MR) is 126 cm³/mol. The summed E-state index contributed by atoms with van der Waals surface area (Å²) < 4.78 is 2.21. The SMILES string of the molecule is CN(C)/C=C/c1c(C#N)c2nc3c(c(-c4ccccc4)c2n1-c1ccccc1)CCC3. The number of rotatable bonds is 4. The standard InChI is InChI=1S/C27H24N4/c1-30(2)17-16-24-22(18-28)26-27(31(24)20-12-7-4-8-13-20)25(19-10-5-3-6-11-19)21-14-9-15-23(21)29-26/h3-8,10-13,16-17H,9,14-15H2,1-2H3/b17-16+. The van der Waals surface area contributed by atoms with E-state index in [1.54, 1.807) is 0 Å². The second-order valence-electron chi connectivity index (χ2n) is 8.15. The number of hydrogen-bond donors (Lipinski definition) is 0. The molecular formula is C27H24N4. The van der Waals surface area contributed by atoms with Crippen molar-refractivity contribution in [3.8, 4) is 22.9 Å². The molecule has 5 rings (SSSR count). The molecule has 0 atom stereocenters. The first-order valence-corrected chi connectivity index (χ1v) is 10.6. The van der Waals surface area contributed by atoms with Crippen molar-refractivity contribution in [1.29, 1.82) is 5.26 Å². The number of fused-ring (bicyclic) bond motifs is 2. The van der Waals surface area contributed by atoms with Crippen LogP contribution in [-0.4, -0.2) is 28.5 Å². The zero-order chi connectivity index (χ0) is 21.4. The van der Waals surface area contributed by atoms with Crippen LogP contribution in [0.15, 0.2) is 66.9 Å². The van der Waals surface area contributed by atoms with Crippen molar-refractivity contribution in [2.45, 2.75) is 19.3 Å². The Balaban J connectivity index is 1.98. The van der Waals surface area contributed by atoms with Crippen LogP contribution in [0, 0.1) is 11.3 Å². The highest BCUT2D eigenvalue weighted by Crippen LogP contribution is 2.41. The van der Waals surface area contributed by atoms with E-state index in [0.717, 1.165) is 47.4 Å². The van der Waals surface area contributed by atoms with Crippen molar-refractivity contribution >= 4 is 17.1 Å². The number of benzene rings is 2. The monoisotopic (exact) mass is 404 g/mol. The van der Waals surface area contributed by atoms with Gasteiger partial charge in [-0.05, 0) is 48.6 Å². The molecule has 0 saturated carbocycles. The van der Waals surface area contributed by atoms with Gasteiger partial charge in [0.2, 0.25) is 0 Å². The number of nitrogens with zero attached hydrogens (tertiary/aromatic N) is 4. The average Bonchev–Trinajstić information content (AvgIpc) is 3.39. The van der Waals surface area contributed by atoms with Crippen molar-refractivity contribution in [3.63, 3.8) is 0 Å². The Bertz CT molecular complexity index is 1320. The van der Waals surface area contributed by atoms with E-state index in [4.69, 9.17) is 4.98 Å². The number of aryl methyl sites for hydroxylation is 1. The molecule has 4 nitrogen and oxygen atoms in total. The Labute approximate surface area is 182 Å². The third-order valence-corrected chi connectivity index (χ3v) is 5.88. The van der Waals surface area contributed by atoms with Gasteiger partial charge >= 0.3 is 0 Å². The van der Waals surface area contributed by atoms with Gasteiger partial charge in [-0.15, -0.1) is 0 Å². The average molecular weight is 405 g/mol. The molecule has 0 aliphatic heterocycles. The van der Waals surface area contributed by atoms with Crippen LogP contribution in [0.2, 0.25) is 0 Å². The van der Waals surface area contributed by atoms with Crippen molar-refractivity contribution in [2.24, 2.45) is 0 Å². The van der Waals surface area contributed by atoms with Gasteiger partial charge < -0.3 is 9.47 Å². The van der Waals surface area contributed by atoms with Gasteiger partial charge in [0.25, 0.3) is 0 Å². The van der Waals surface area contributed by atoms with Crippen LogP contribution in [0.4, 0.5) is 0 Å². The zero-order valence-electron chi connectivity index (χ0n) is 17.8. The minimum absolute atomic E-state index is 0.629. The smallest absolute Gasteiger partial charge is 0.108 e. The molecule has 2 aromatic carbocycles. The first kappa shape index (κ1) is 19.1. The Hall–Kier alpha value is -3.84. The first-order chi connectivity index (χ1) is 15.2. The summed E-state index contributed by atoms with van der Waals surface area (Å²) in [6.07, 6.45) is 7.11. The fourth-order valence-corrected chi connectivity index (χ4v) is 4.56. The maximum Gasteiger partial charge on any atom is 0.108 e. The van der Waals surface area contributed by atoms with E-state index < -0.39 is 0 Å². The van der Waals surface area contributed by atoms with Crippen LogP contribution in [0.1, 0.15) is 28.9 Å². The van der Waals surface area contributed by atoms with Crippen LogP contribution in [0.3, 0.4) is 0 Å². The Morgan fingerprint density at radius 3 is 2.39 bits per heavy atom. The minimum Gasteiger partial charge on any atom is -0.383 e. The van der Waals surface area contributed by atoms with Crippen molar-refractivity contribution in [2.75, 3.05) is 14.1 Å². The normalized spacial score (nSPS) is 12.9. The molecule has 4 aromatic rings. The molecule has 0 radical (unpaired) electrons. The maximum atomic E-state index is 10.2. The van der Waals surface area contributed by atoms with Crippen molar-refractivity contribution in [1.82, 2.24) is 14.5 Å². The van der Waals surface area contributed by atoms with Gasteiger partial charge in [-0.3, -0.25) is 0 Å². The summed E-state index contributed by atoms with van der Waals surface area (Å²) in [5.74, 6) is 0. The number of hydrogen-bond acceptors (Lipinski definition) is 3. The summed E-state index contributed by atoms with van der Waals surface area (Å²) in [4.78, 5) is 7.04. The lowest BCUT2D eigenvalue weighted by atomic mass is 9.97. The van der Waals surface area contributed by atoms with Gasteiger partial charge in [-0.25, -0.2) is 4.98 Å². The Morgan fingerprint density at radius 2 is 1.71 bits per heavy atom. The summed E-state index contributed by atoms with van der Waals surface area (Å²) in [6.45, 7) is 0. The fourth-order valence-electron chi connectivity index (χ4n) is 4.56. The van der Waals surface area contributed by atoms with Crippen LogP contribution in [0.25, 0.3) is 33.9 Å². The number of aromatic nitrogens is 2. The van der Waals surface area contributed by atoms with Crippen molar-refractivity contribution in [3.05, 3.63) is 89.4 Å². The van der Waals surface area contributed by atoms with E-state index in [2.05, 4.69) is 47.0 Å². The summed E-state index contributed by atoms with van der Waals surface area (Å²) in [7, 11) is 3.97. The lowest BCUT2D eigenvalue weighted by Gasteiger charge is -2.15. The second kappa shape index (κ2) is 7.77. The molecule has 0 fully saturated rings. The largest absolute Gasteiger partial charge is 0.383 e.